The van der Waals surface area contributed by atoms with Crippen molar-refractivity contribution < 1.29 is 19.8 Å². The fourth-order valence-corrected chi connectivity index (χ4v) is 2.69. The molecule has 0 fully saturated rings. The molecular formula is C19H40N4O4. The summed E-state index contributed by atoms with van der Waals surface area (Å²) < 4.78 is 0. The van der Waals surface area contributed by atoms with E-state index in [0.717, 1.165) is 32.1 Å². The van der Waals surface area contributed by atoms with Gasteiger partial charge in [0.15, 0.2) is 5.96 Å². The van der Waals surface area contributed by atoms with Gasteiger partial charge < -0.3 is 27.0 Å². The molecule has 0 heterocycles. The van der Waals surface area contributed by atoms with E-state index >= 15 is 0 Å². The van der Waals surface area contributed by atoms with Crippen LogP contribution >= 0.6 is 0 Å². The Morgan fingerprint density at radius 2 is 1.37 bits per heavy atom. The lowest BCUT2D eigenvalue weighted by Crippen LogP contribution is -2.31. The van der Waals surface area contributed by atoms with E-state index < -0.39 is 12.6 Å². The van der Waals surface area contributed by atoms with Crippen molar-refractivity contribution in [1.82, 2.24) is 5.32 Å². The maximum absolute atomic E-state index is 11.5. The van der Waals surface area contributed by atoms with E-state index in [2.05, 4.69) is 12.2 Å². The van der Waals surface area contributed by atoms with Crippen molar-refractivity contribution in [2.24, 2.45) is 17.4 Å². The van der Waals surface area contributed by atoms with Crippen molar-refractivity contribution in [3.8, 4) is 0 Å². The van der Waals surface area contributed by atoms with Gasteiger partial charge in [0.1, 0.15) is 6.61 Å². The van der Waals surface area contributed by atoms with Crippen molar-refractivity contribution in [2.75, 3.05) is 13.2 Å². The number of hydrogen-bond acceptors (Lipinski definition) is 4. The highest BCUT2D eigenvalue weighted by molar-refractivity contribution is 5.76. The summed E-state index contributed by atoms with van der Waals surface area (Å²) in [7, 11) is 0. The van der Waals surface area contributed by atoms with Crippen molar-refractivity contribution in [3.05, 3.63) is 0 Å². The number of rotatable bonds is 16. The second kappa shape index (κ2) is 20.5. The minimum Gasteiger partial charge on any atom is -0.480 e. The SMILES string of the molecule is CCCCCCCCCCC(CCCCNC(=N)N)C(N)=O.O=C(O)CO. The number of carbonyl (C=O) groups is 2. The number of primary amides is 1. The molecule has 0 bridgehead atoms. The first-order chi connectivity index (χ1) is 12.8. The first-order valence-electron chi connectivity index (χ1n) is 10.0. The Hall–Kier alpha value is -1.83. The van der Waals surface area contributed by atoms with Gasteiger partial charge in [-0.3, -0.25) is 10.2 Å². The minimum absolute atomic E-state index is 0.00499. The Morgan fingerprint density at radius 3 is 1.78 bits per heavy atom. The van der Waals surface area contributed by atoms with Crippen LogP contribution in [0, 0.1) is 11.3 Å². The van der Waals surface area contributed by atoms with Gasteiger partial charge in [0.2, 0.25) is 5.91 Å². The molecule has 0 rings (SSSR count). The van der Waals surface area contributed by atoms with E-state index in [1.807, 2.05) is 0 Å². The third-order valence-corrected chi connectivity index (χ3v) is 4.24. The second-order valence-electron chi connectivity index (χ2n) is 6.75. The van der Waals surface area contributed by atoms with Crippen molar-refractivity contribution >= 4 is 17.8 Å². The molecule has 0 saturated heterocycles. The van der Waals surface area contributed by atoms with Crippen molar-refractivity contribution in [2.45, 2.75) is 84.0 Å². The monoisotopic (exact) mass is 388 g/mol. The zero-order chi connectivity index (χ0) is 20.9. The van der Waals surface area contributed by atoms with Crippen LogP contribution in [0.1, 0.15) is 84.0 Å². The quantitative estimate of drug-likeness (QED) is 0.135. The lowest BCUT2D eigenvalue weighted by atomic mass is 9.94. The van der Waals surface area contributed by atoms with Crippen LogP contribution in [-0.2, 0) is 9.59 Å². The summed E-state index contributed by atoms with van der Waals surface area (Å²) in [5.41, 5.74) is 10.7. The number of guanidine groups is 1. The van der Waals surface area contributed by atoms with Gasteiger partial charge in [-0.05, 0) is 19.3 Å². The molecule has 0 radical (unpaired) electrons. The fraction of sp³-hybridized carbons (Fsp3) is 0.842. The molecule has 0 spiro atoms. The Bertz CT molecular complexity index is 392. The van der Waals surface area contributed by atoms with Crippen LogP contribution in [0.25, 0.3) is 0 Å². The molecule has 8 nitrogen and oxygen atoms in total. The predicted octanol–water partition coefficient (Wildman–Crippen LogP) is 2.34. The molecule has 0 aromatic heterocycles. The van der Waals surface area contributed by atoms with Gasteiger partial charge in [-0.15, -0.1) is 0 Å². The predicted molar refractivity (Wildman–Crippen MR) is 108 cm³/mol. The summed E-state index contributed by atoms with van der Waals surface area (Å²) in [6.45, 7) is 2.15. The lowest BCUT2D eigenvalue weighted by Gasteiger charge is -2.13. The number of aliphatic carboxylic acids is 1. The Labute approximate surface area is 163 Å². The van der Waals surface area contributed by atoms with E-state index in [4.69, 9.17) is 31.9 Å². The largest absolute Gasteiger partial charge is 0.480 e. The van der Waals surface area contributed by atoms with Gasteiger partial charge in [-0.2, -0.15) is 0 Å². The molecule has 27 heavy (non-hydrogen) atoms. The van der Waals surface area contributed by atoms with Gasteiger partial charge in [-0.25, -0.2) is 4.79 Å². The topological polar surface area (TPSA) is 163 Å². The highest BCUT2D eigenvalue weighted by Gasteiger charge is 2.14. The van der Waals surface area contributed by atoms with Crippen LogP contribution in [0.15, 0.2) is 0 Å². The van der Waals surface area contributed by atoms with Crippen LogP contribution in [0.5, 0.6) is 0 Å². The third-order valence-electron chi connectivity index (χ3n) is 4.24. The van der Waals surface area contributed by atoms with Gasteiger partial charge in [0, 0.05) is 12.5 Å². The Kier molecular flexibility index (Phi) is 20.8. The molecule has 1 unspecified atom stereocenters. The molecule has 0 saturated carbocycles. The van der Waals surface area contributed by atoms with Gasteiger partial charge in [0.05, 0.1) is 0 Å². The number of aliphatic hydroxyl groups excluding tert-OH is 1. The van der Waals surface area contributed by atoms with Crippen LogP contribution < -0.4 is 16.8 Å². The highest BCUT2D eigenvalue weighted by atomic mass is 16.4. The molecule has 8 heteroatoms. The average molecular weight is 389 g/mol. The summed E-state index contributed by atoms with van der Waals surface area (Å²) in [5, 5.41) is 24.8. The molecule has 0 aromatic carbocycles. The molecule has 0 aliphatic carbocycles. The van der Waals surface area contributed by atoms with Crippen molar-refractivity contribution in [1.29, 1.82) is 5.41 Å². The van der Waals surface area contributed by atoms with Crippen LogP contribution in [0.3, 0.4) is 0 Å². The molecule has 0 aliphatic rings. The zero-order valence-corrected chi connectivity index (χ0v) is 16.8. The third kappa shape index (κ3) is 24.2. The van der Waals surface area contributed by atoms with Crippen LogP contribution in [0.4, 0.5) is 0 Å². The van der Waals surface area contributed by atoms with Crippen LogP contribution in [0.2, 0.25) is 0 Å². The van der Waals surface area contributed by atoms with Gasteiger partial charge >= 0.3 is 5.97 Å². The average Bonchev–Trinajstić information content (AvgIpc) is 2.61. The van der Waals surface area contributed by atoms with E-state index in [9.17, 15) is 4.79 Å². The standard InChI is InChI=1S/C17H36N4O.C2H4O3/c1-2-3-4-5-6-7-8-9-12-15(16(18)22)13-10-11-14-21-17(19)20;3-1-2(4)5/h15H,2-14H2,1H3,(H2,18,22)(H4,19,20,21);3H,1H2,(H,4,5). The molecular weight excluding hydrogens is 348 g/mol. The van der Waals surface area contributed by atoms with Gasteiger partial charge in [-0.1, -0.05) is 64.7 Å². The molecule has 0 aliphatic heterocycles. The maximum atomic E-state index is 11.5. The Balaban J connectivity index is 0. The van der Waals surface area contributed by atoms with Crippen molar-refractivity contribution in [3.63, 3.8) is 0 Å². The first kappa shape index (κ1) is 27.4. The summed E-state index contributed by atoms with van der Waals surface area (Å²) in [5.74, 6) is -1.34. The second-order valence-corrected chi connectivity index (χ2v) is 6.75. The normalized spacial score (nSPS) is 11.2. The number of carbonyl (C=O) groups excluding carboxylic acids is 1. The highest BCUT2D eigenvalue weighted by Crippen LogP contribution is 2.17. The summed E-state index contributed by atoms with van der Waals surface area (Å²) in [4.78, 5) is 20.6. The molecule has 1 atom stereocenters. The van der Waals surface area contributed by atoms with Crippen LogP contribution in [-0.4, -0.2) is 41.2 Å². The van der Waals surface area contributed by atoms with E-state index in [1.54, 1.807) is 0 Å². The smallest absolute Gasteiger partial charge is 0.329 e. The number of nitrogens with two attached hydrogens (primary N) is 2. The fourth-order valence-electron chi connectivity index (χ4n) is 2.69. The summed E-state index contributed by atoms with van der Waals surface area (Å²) >= 11 is 0. The number of hydrogen-bond donors (Lipinski definition) is 6. The first-order valence-corrected chi connectivity index (χ1v) is 10.0. The minimum atomic E-state index is -1.19. The Morgan fingerprint density at radius 1 is 0.926 bits per heavy atom. The lowest BCUT2D eigenvalue weighted by molar-refractivity contribution is -0.140. The zero-order valence-electron chi connectivity index (χ0n) is 16.8. The number of amides is 1. The number of nitrogens with one attached hydrogen (secondary N) is 2. The van der Waals surface area contributed by atoms with E-state index in [-0.39, 0.29) is 17.8 Å². The molecule has 0 aromatic rings. The van der Waals surface area contributed by atoms with E-state index in [0.29, 0.717) is 6.54 Å². The number of carboxylic acid groups (broad SMARTS) is 1. The summed E-state index contributed by atoms with van der Waals surface area (Å²) in [6, 6.07) is 0. The maximum Gasteiger partial charge on any atom is 0.329 e. The molecule has 8 N–H and O–H groups in total. The molecule has 160 valence electrons. The summed E-state index contributed by atoms with van der Waals surface area (Å²) in [6.07, 6.45) is 13.9. The number of unbranched alkanes of at least 4 members (excludes halogenated alkanes) is 8. The number of carboxylic acids is 1. The molecule has 1 amide bonds. The number of aliphatic hydroxyl groups is 1. The van der Waals surface area contributed by atoms with E-state index in [1.165, 1.54) is 44.9 Å². The van der Waals surface area contributed by atoms with Gasteiger partial charge in [0.25, 0.3) is 0 Å².